The number of pyridine rings is 1. The number of aromatic nitrogens is 1. The first-order chi connectivity index (χ1) is 7.55. The Kier molecular flexibility index (Phi) is 3.47. The fourth-order valence-electron chi connectivity index (χ4n) is 1.51. The van der Waals surface area contributed by atoms with E-state index >= 15 is 0 Å². The van der Waals surface area contributed by atoms with E-state index in [0.29, 0.717) is 13.2 Å². The molecule has 1 aliphatic heterocycles. The number of hydrogen-bond donors (Lipinski definition) is 0. The summed E-state index contributed by atoms with van der Waals surface area (Å²) < 4.78 is 17.5. The summed E-state index contributed by atoms with van der Waals surface area (Å²) in [4.78, 5) is 4.01. The van der Waals surface area contributed by atoms with E-state index in [1.165, 1.54) is 0 Å². The summed E-state index contributed by atoms with van der Waals surface area (Å²) in [5.41, 5.74) is 0. The predicted octanol–water partition coefficient (Wildman–Crippen LogP) is 2.37. The fraction of sp³-hybridized carbons (Fsp3) is 0.545. The monoisotopic (exact) mass is 287 g/mol. The quantitative estimate of drug-likeness (QED) is 0.856. The second-order valence-electron chi connectivity index (χ2n) is 4.10. The highest BCUT2D eigenvalue weighted by molar-refractivity contribution is 9.10. The van der Waals surface area contributed by atoms with Crippen molar-refractivity contribution in [2.45, 2.75) is 25.7 Å². The lowest BCUT2D eigenvalue weighted by molar-refractivity contribution is -0.141. The van der Waals surface area contributed by atoms with Crippen molar-refractivity contribution in [1.29, 1.82) is 0 Å². The molecule has 1 atom stereocenters. The SMILES string of the molecule is CC1(C)OC[C@@H](COc2cncc(Br)c2)O1. The minimum Gasteiger partial charge on any atom is -0.489 e. The van der Waals surface area contributed by atoms with E-state index in [9.17, 15) is 0 Å². The molecule has 0 radical (unpaired) electrons. The Bertz CT molecular complexity index is 370. The number of halogens is 1. The van der Waals surface area contributed by atoms with E-state index in [1.807, 2.05) is 19.9 Å². The van der Waals surface area contributed by atoms with Crippen LogP contribution in [0.15, 0.2) is 22.9 Å². The lowest BCUT2D eigenvalue weighted by Gasteiger charge is -2.17. The van der Waals surface area contributed by atoms with Gasteiger partial charge in [-0.3, -0.25) is 4.98 Å². The van der Waals surface area contributed by atoms with Crippen molar-refractivity contribution < 1.29 is 14.2 Å². The van der Waals surface area contributed by atoms with Crippen LogP contribution in [0.4, 0.5) is 0 Å². The van der Waals surface area contributed by atoms with Gasteiger partial charge in [0.2, 0.25) is 0 Å². The second-order valence-corrected chi connectivity index (χ2v) is 5.02. The number of nitrogens with zero attached hydrogens (tertiary/aromatic N) is 1. The van der Waals surface area contributed by atoms with Crippen molar-refractivity contribution in [1.82, 2.24) is 4.98 Å². The van der Waals surface area contributed by atoms with Crippen LogP contribution in [0.1, 0.15) is 13.8 Å². The molecule has 0 spiro atoms. The highest BCUT2D eigenvalue weighted by Gasteiger charge is 2.32. The molecule has 5 heteroatoms. The Hall–Kier alpha value is -0.650. The van der Waals surface area contributed by atoms with E-state index in [0.717, 1.165) is 10.2 Å². The van der Waals surface area contributed by atoms with E-state index in [1.54, 1.807) is 12.4 Å². The lowest BCUT2D eigenvalue weighted by Crippen LogP contribution is -2.25. The zero-order valence-corrected chi connectivity index (χ0v) is 10.9. The molecule has 2 rings (SSSR count). The Labute approximate surface area is 103 Å². The molecule has 0 bridgehead atoms. The first-order valence-corrected chi connectivity index (χ1v) is 5.90. The van der Waals surface area contributed by atoms with Crippen molar-refractivity contribution in [2.75, 3.05) is 13.2 Å². The molecule has 0 aliphatic carbocycles. The maximum absolute atomic E-state index is 5.62. The third-order valence-corrected chi connectivity index (χ3v) is 2.62. The molecule has 0 amide bonds. The van der Waals surface area contributed by atoms with Gasteiger partial charge in [-0.05, 0) is 35.8 Å². The molecule has 1 aromatic heterocycles. The zero-order valence-electron chi connectivity index (χ0n) is 9.27. The van der Waals surface area contributed by atoms with E-state index in [4.69, 9.17) is 14.2 Å². The minimum absolute atomic E-state index is 0.0195. The highest BCUT2D eigenvalue weighted by atomic mass is 79.9. The summed E-state index contributed by atoms with van der Waals surface area (Å²) in [6, 6.07) is 1.87. The average Bonchev–Trinajstić information content (AvgIpc) is 2.56. The molecular formula is C11H14BrNO3. The van der Waals surface area contributed by atoms with Crippen molar-refractivity contribution >= 4 is 15.9 Å². The van der Waals surface area contributed by atoms with Crippen LogP contribution in [-0.2, 0) is 9.47 Å². The van der Waals surface area contributed by atoms with Crippen LogP contribution in [0.25, 0.3) is 0 Å². The molecule has 0 saturated carbocycles. The topological polar surface area (TPSA) is 40.6 Å². The first kappa shape index (κ1) is 11.8. The summed E-state index contributed by atoms with van der Waals surface area (Å²) in [5.74, 6) is 0.228. The van der Waals surface area contributed by atoms with Gasteiger partial charge < -0.3 is 14.2 Å². The maximum Gasteiger partial charge on any atom is 0.163 e. The largest absolute Gasteiger partial charge is 0.489 e. The smallest absolute Gasteiger partial charge is 0.163 e. The molecule has 88 valence electrons. The van der Waals surface area contributed by atoms with Crippen molar-refractivity contribution in [3.63, 3.8) is 0 Å². The van der Waals surface area contributed by atoms with Crippen molar-refractivity contribution in [3.05, 3.63) is 22.9 Å². The molecular weight excluding hydrogens is 274 g/mol. The predicted molar refractivity (Wildman–Crippen MR) is 62.3 cm³/mol. The third-order valence-electron chi connectivity index (χ3n) is 2.18. The first-order valence-electron chi connectivity index (χ1n) is 5.10. The van der Waals surface area contributed by atoms with Gasteiger partial charge in [-0.2, -0.15) is 0 Å². The lowest BCUT2D eigenvalue weighted by atomic mass is 10.4. The summed E-state index contributed by atoms with van der Waals surface area (Å²) in [7, 11) is 0. The van der Waals surface area contributed by atoms with Gasteiger partial charge in [-0.15, -0.1) is 0 Å². The molecule has 1 aliphatic rings. The molecule has 1 saturated heterocycles. The van der Waals surface area contributed by atoms with Crippen LogP contribution in [0, 0.1) is 0 Å². The number of ether oxygens (including phenoxy) is 3. The summed E-state index contributed by atoms with van der Waals surface area (Å²) in [5, 5.41) is 0. The zero-order chi connectivity index (χ0) is 11.6. The summed E-state index contributed by atoms with van der Waals surface area (Å²) in [6.45, 7) is 4.83. The molecule has 2 heterocycles. The number of hydrogen-bond acceptors (Lipinski definition) is 4. The summed E-state index contributed by atoms with van der Waals surface area (Å²) in [6.07, 6.45) is 3.37. The Morgan fingerprint density at radius 2 is 2.38 bits per heavy atom. The molecule has 0 N–H and O–H groups in total. The molecule has 1 fully saturated rings. The average molecular weight is 288 g/mol. The highest BCUT2D eigenvalue weighted by Crippen LogP contribution is 2.23. The van der Waals surface area contributed by atoms with E-state index < -0.39 is 5.79 Å². The van der Waals surface area contributed by atoms with Crippen LogP contribution in [0.2, 0.25) is 0 Å². The molecule has 1 aromatic rings. The van der Waals surface area contributed by atoms with Gasteiger partial charge in [0.15, 0.2) is 5.79 Å². The minimum atomic E-state index is -0.496. The Balaban J connectivity index is 1.84. The normalized spacial score (nSPS) is 23.3. The standard InChI is InChI=1S/C11H14BrNO3/c1-11(2)15-7-10(16-11)6-14-9-3-8(12)4-13-5-9/h3-5,10H,6-7H2,1-2H3/t10-/m1/s1. The van der Waals surface area contributed by atoms with Gasteiger partial charge in [-0.1, -0.05) is 0 Å². The Morgan fingerprint density at radius 1 is 1.56 bits per heavy atom. The van der Waals surface area contributed by atoms with Crippen molar-refractivity contribution in [2.24, 2.45) is 0 Å². The fourth-order valence-corrected chi connectivity index (χ4v) is 1.85. The second kappa shape index (κ2) is 4.69. The van der Waals surface area contributed by atoms with Gasteiger partial charge in [0.05, 0.1) is 12.8 Å². The van der Waals surface area contributed by atoms with E-state index in [-0.39, 0.29) is 6.10 Å². The Morgan fingerprint density at radius 3 is 3.00 bits per heavy atom. The van der Waals surface area contributed by atoms with Crippen LogP contribution in [0.5, 0.6) is 5.75 Å². The van der Waals surface area contributed by atoms with Gasteiger partial charge >= 0.3 is 0 Å². The van der Waals surface area contributed by atoms with E-state index in [2.05, 4.69) is 20.9 Å². The molecule has 0 unspecified atom stereocenters. The van der Waals surface area contributed by atoms with Crippen LogP contribution < -0.4 is 4.74 Å². The van der Waals surface area contributed by atoms with Gasteiger partial charge in [0.25, 0.3) is 0 Å². The maximum atomic E-state index is 5.62. The van der Waals surface area contributed by atoms with Crippen LogP contribution >= 0.6 is 15.9 Å². The third kappa shape index (κ3) is 3.17. The number of rotatable bonds is 3. The molecule has 4 nitrogen and oxygen atoms in total. The summed E-state index contributed by atoms with van der Waals surface area (Å²) >= 11 is 3.34. The van der Waals surface area contributed by atoms with Crippen molar-refractivity contribution in [3.8, 4) is 5.75 Å². The van der Waals surface area contributed by atoms with Crippen LogP contribution in [-0.4, -0.2) is 30.1 Å². The molecule has 0 aromatic carbocycles. The van der Waals surface area contributed by atoms with Gasteiger partial charge in [-0.25, -0.2) is 0 Å². The van der Waals surface area contributed by atoms with Crippen LogP contribution in [0.3, 0.4) is 0 Å². The van der Waals surface area contributed by atoms with Gasteiger partial charge in [0.1, 0.15) is 18.5 Å². The molecule has 16 heavy (non-hydrogen) atoms. The van der Waals surface area contributed by atoms with Gasteiger partial charge in [0, 0.05) is 10.7 Å².